The van der Waals surface area contributed by atoms with Crippen LogP contribution in [0.1, 0.15) is 43.5 Å². The molecule has 0 aliphatic carbocycles. The quantitative estimate of drug-likeness (QED) is 0.577. The molecule has 4 heteroatoms. The van der Waals surface area contributed by atoms with E-state index in [1.54, 1.807) is 24.3 Å². The molecule has 0 spiro atoms. The second kappa shape index (κ2) is 6.57. The first-order valence-electron chi connectivity index (χ1n) is 6.00. The van der Waals surface area contributed by atoms with E-state index in [4.69, 9.17) is 10.0 Å². The Morgan fingerprint density at radius 3 is 2.65 bits per heavy atom. The van der Waals surface area contributed by atoms with Crippen LogP contribution in [0.3, 0.4) is 0 Å². The summed E-state index contributed by atoms with van der Waals surface area (Å²) in [6.45, 7) is 4.26. The van der Waals surface area contributed by atoms with E-state index in [9.17, 15) is 4.79 Å². The van der Waals surface area contributed by atoms with E-state index in [-0.39, 0.29) is 5.78 Å². The van der Waals surface area contributed by atoms with Crippen molar-refractivity contribution in [2.45, 2.75) is 33.1 Å². The van der Waals surface area contributed by atoms with Crippen molar-refractivity contribution in [1.82, 2.24) is 0 Å². The molecule has 0 aliphatic rings. The predicted octanol–water partition coefficient (Wildman–Crippen LogP) is 1.38. The molecular formula is C13H19BO3. The number of ketones is 1. The molecule has 0 fully saturated rings. The van der Waals surface area contributed by atoms with E-state index >= 15 is 0 Å². The fourth-order valence-electron chi connectivity index (χ4n) is 1.69. The zero-order valence-electron chi connectivity index (χ0n) is 10.4. The molecule has 0 unspecified atom stereocenters. The first-order chi connectivity index (χ1) is 8.00. The van der Waals surface area contributed by atoms with Crippen molar-refractivity contribution in [1.29, 1.82) is 0 Å². The SMILES string of the molecule is CC(C)CCCC(=O)c1cccc(B(O)O)c1. The Kier molecular flexibility index (Phi) is 5.39. The third-order valence-corrected chi connectivity index (χ3v) is 2.69. The monoisotopic (exact) mass is 234 g/mol. The molecule has 0 atom stereocenters. The largest absolute Gasteiger partial charge is 0.488 e. The van der Waals surface area contributed by atoms with Gasteiger partial charge in [0.05, 0.1) is 0 Å². The van der Waals surface area contributed by atoms with Crippen LogP contribution in [0.25, 0.3) is 0 Å². The number of hydrogen-bond acceptors (Lipinski definition) is 3. The summed E-state index contributed by atoms with van der Waals surface area (Å²) >= 11 is 0. The Morgan fingerprint density at radius 1 is 1.35 bits per heavy atom. The second-order valence-corrected chi connectivity index (χ2v) is 4.71. The van der Waals surface area contributed by atoms with Gasteiger partial charge in [0, 0.05) is 12.0 Å². The summed E-state index contributed by atoms with van der Waals surface area (Å²) in [7, 11) is -1.52. The Bertz CT molecular complexity index is 375. The van der Waals surface area contributed by atoms with Gasteiger partial charge in [-0.15, -0.1) is 0 Å². The number of benzene rings is 1. The van der Waals surface area contributed by atoms with Gasteiger partial charge in [0.15, 0.2) is 5.78 Å². The van der Waals surface area contributed by atoms with Gasteiger partial charge in [-0.3, -0.25) is 4.79 Å². The summed E-state index contributed by atoms with van der Waals surface area (Å²) < 4.78 is 0. The smallest absolute Gasteiger partial charge is 0.423 e. The van der Waals surface area contributed by atoms with Crippen molar-refractivity contribution in [3.63, 3.8) is 0 Å². The van der Waals surface area contributed by atoms with Gasteiger partial charge in [0.1, 0.15) is 0 Å². The summed E-state index contributed by atoms with van der Waals surface area (Å²) in [5.74, 6) is 0.668. The summed E-state index contributed by atoms with van der Waals surface area (Å²) in [6.07, 6.45) is 2.43. The van der Waals surface area contributed by atoms with Crippen LogP contribution in [-0.2, 0) is 0 Å². The molecule has 92 valence electrons. The molecule has 0 amide bonds. The number of hydrogen-bond donors (Lipinski definition) is 2. The normalized spacial score (nSPS) is 10.6. The van der Waals surface area contributed by atoms with Crippen LogP contribution in [0.2, 0.25) is 0 Å². The van der Waals surface area contributed by atoms with Crippen molar-refractivity contribution in [2.24, 2.45) is 5.92 Å². The minimum atomic E-state index is -1.52. The van der Waals surface area contributed by atoms with Crippen molar-refractivity contribution >= 4 is 18.4 Å². The number of carbonyl (C=O) groups excluding carboxylic acids is 1. The van der Waals surface area contributed by atoms with Crippen LogP contribution in [0.15, 0.2) is 24.3 Å². The molecule has 0 saturated carbocycles. The van der Waals surface area contributed by atoms with Crippen molar-refractivity contribution in [2.75, 3.05) is 0 Å². The van der Waals surface area contributed by atoms with Gasteiger partial charge in [-0.1, -0.05) is 44.5 Å². The van der Waals surface area contributed by atoms with Crippen LogP contribution in [0, 0.1) is 5.92 Å². The van der Waals surface area contributed by atoms with Gasteiger partial charge < -0.3 is 10.0 Å². The third kappa shape index (κ3) is 4.71. The van der Waals surface area contributed by atoms with Crippen molar-refractivity contribution < 1.29 is 14.8 Å². The van der Waals surface area contributed by atoms with Crippen LogP contribution >= 0.6 is 0 Å². The van der Waals surface area contributed by atoms with E-state index in [0.29, 0.717) is 23.4 Å². The third-order valence-electron chi connectivity index (χ3n) is 2.69. The van der Waals surface area contributed by atoms with Gasteiger partial charge >= 0.3 is 7.12 Å². The van der Waals surface area contributed by atoms with Gasteiger partial charge in [-0.05, 0) is 17.8 Å². The maximum Gasteiger partial charge on any atom is 0.488 e. The number of Topliss-reactive ketones (excluding diaryl/α,β-unsaturated/α-hetero) is 1. The lowest BCUT2D eigenvalue weighted by atomic mass is 9.79. The summed E-state index contributed by atoms with van der Waals surface area (Å²) in [5.41, 5.74) is 0.916. The van der Waals surface area contributed by atoms with Crippen LogP contribution < -0.4 is 5.46 Å². The average Bonchev–Trinajstić information content (AvgIpc) is 2.28. The fourth-order valence-corrected chi connectivity index (χ4v) is 1.69. The molecule has 3 nitrogen and oxygen atoms in total. The lowest BCUT2D eigenvalue weighted by molar-refractivity contribution is 0.0978. The molecular weight excluding hydrogens is 215 g/mol. The zero-order valence-corrected chi connectivity index (χ0v) is 10.4. The Morgan fingerprint density at radius 2 is 2.06 bits per heavy atom. The second-order valence-electron chi connectivity index (χ2n) is 4.71. The Labute approximate surface area is 103 Å². The minimum absolute atomic E-state index is 0.0631. The highest BCUT2D eigenvalue weighted by Crippen LogP contribution is 2.10. The summed E-state index contributed by atoms with van der Waals surface area (Å²) in [4.78, 5) is 11.8. The maximum atomic E-state index is 11.8. The van der Waals surface area contributed by atoms with Crippen LogP contribution in [-0.4, -0.2) is 22.9 Å². The topological polar surface area (TPSA) is 57.5 Å². The van der Waals surface area contributed by atoms with E-state index in [1.807, 2.05) is 0 Å². The molecule has 0 aliphatic heterocycles. The Balaban J connectivity index is 2.59. The van der Waals surface area contributed by atoms with E-state index in [1.165, 1.54) is 0 Å². The number of rotatable bonds is 6. The lowest BCUT2D eigenvalue weighted by Crippen LogP contribution is -2.30. The summed E-state index contributed by atoms with van der Waals surface area (Å²) in [6, 6.07) is 6.52. The van der Waals surface area contributed by atoms with Crippen molar-refractivity contribution in [3.8, 4) is 0 Å². The van der Waals surface area contributed by atoms with E-state index in [0.717, 1.165) is 12.8 Å². The molecule has 17 heavy (non-hydrogen) atoms. The van der Waals surface area contributed by atoms with Crippen LogP contribution in [0.5, 0.6) is 0 Å². The first kappa shape index (κ1) is 13.9. The predicted molar refractivity (Wildman–Crippen MR) is 69.3 cm³/mol. The molecule has 0 radical (unpaired) electrons. The molecule has 1 rings (SSSR count). The van der Waals surface area contributed by atoms with Gasteiger partial charge in [0.2, 0.25) is 0 Å². The highest BCUT2D eigenvalue weighted by atomic mass is 16.4. The van der Waals surface area contributed by atoms with Gasteiger partial charge in [-0.25, -0.2) is 0 Å². The van der Waals surface area contributed by atoms with Crippen molar-refractivity contribution in [3.05, 3.63) is 29.8 Å². The van der Waals surface area contributed by atoms with Gasteiger partial charge in [-0.2, -0.15) is 0 Å². The van der Waals surface area contributed by atoms with E-state index < -0.39 is 7.12 Å². The number of carbonyl (C=O) groups is 1. The first-order valence-corrected chi connectivity index (χ1v) is 6.00. The Hall–Kier alpha value is -1.13. The van der Waals surface area contributed by atoms with Gasteiger partial charge in [0.25, 0.3) is 0 Å². The average molecular weight is 234 g/mol. The fraction of sp³-hybridized carbons (Fsp3) is 0.462. The lowest BCUT2D eigenvalue weighted by Gasteiger charge is -2.05. The molecule has 0 aromatic heterocycles. The van der Waals surface area contributed by atoms with Crippen LogP contribution in [0.4, 0.5) is 0 Å². The minimum Gasteiger partial charge on any atom is -0.423 e. The molecule has 0 bridgehead atoms. The highest BCUT2D eigenvalue weighted by molar-refractivity contribution is 6.58. The molecule has 1 aromatic rings. The molecule has 0 saturated heterocycles. The molecule has 1 aromatic carbocycles. The summed E-state index contributed by atoms with van der Waals surface area (Å²) in [5, 5.41) is 18.0. The maximum absolute atomic E-state index is 11.8. The highest BCUT2D eigenvalue weighted by Gasteiger charge is 2.13. The molecule has 0 heterocycles. The molecule has 2 N–H and O–H groups in total. The standard InChI is InChI=1S/C13H19BO3/c1-10(2)5-3-8-13(15)11-6-4-7-12(9-11)14(16)17/h4,6-7,9-10,16-17H,3,5,8H2,1-2H3. The zero-order chi connectivity index (χ0) is 12.8. The van der Waals surface area contributed by atoms with E-state index in [2.05, 4.69) is 13.8 Å².